The molecule has 0 aromatic heterocycles. The van der Waals surface area contributed by atoms with Gasteiger partial charge in [0.1, 0.15) is 5.82 Å². The number of nitrogens with two attached hydrogens (primary N) is 1. The van der Waals surface area contributed by atoms with Crippen LogP contribution in [0.4, 0.5) is 4.39 Å². The van der Waals surface area contributed by atoms with Crippen LogP contribution in [0.1, 0.15) is 30.1 Å². The zero-order chi connectivity index (χ0) is 14.6. The van der Waals surface area contributed by atoms with E-state index < -0.39 is 0 Å². The molecule has 5 heteroatoms. The third-order valence-electron chi connectivity index (χ3n) is 3.76. The van der Waals surface area contributed by atoms with Crippen molar-refractivity contribution in [1.29, 1.82) is 0 Å². The van der Waals surface area contributed by atoms with Crippen LogP contribution in [0.15, 0.2) is 24.3 Å². The smallest absolute Gasteiger partial charge is 0.306 e. The number of benzene rings is 1. The lowest BCUT2D eigenvalue weighted by atomic mass is 10.1. The molecular formula is C15H20FNO2S. The fraction of sp³-hybridized carbons (Fsp3) is 0.533. The molecule has 3 nitrogen and oxygen atoms in total. The highest BCUT2D eigenvalue weighted by Gasteiger charge is 2.45. The van der Waals surface area contributed by atoms with Crippen molar-refractivity contribution < 1.29 is 13.9 Å². The van der Waals surface area contributed by atoms with Crippen LogP contribution in [0, 0.1) is 11.2 Å². The van der Waals surface area contributed by atoms with Crippen molar-refractivity contribution in [2.75, 3.05) is 19.4 Å². The van der Waals surface area contributed by atoms with Gasteiger partial charge in [0.15, 0.2) is 0 Å². The van der Waals surface area contributed by atoms with Crippen LogP contribution < -0.4 is 5.73 Å². The average Bonchev–Trinajstić information content (AvgIpc) is 3.21. The Labute approximate surface area is 123 Å². The van der Waals surface area contributed by atoms with Gasteiger partial charge in [0.05, 0.1) is 13.5 Å². The molecule has 0 heterocycles. The summed E-state index contributed by atoms with van der Waals surface area (Å²) in [7, 11) is 1.41. The van der Waals surface area contributed by atoms with Gasteiger partial charge in [-0.25, -0.2) is 4.39 Å². The summed E-state index contributed by atoms with van der Waals surface area (Å²) in [6.07, 6.45) is 2.51. The lowest BCUT2D eigenvalue weighted by molar-refractivity contribution is -0.141. The van der Waals surface area contributed by atoms with Gasteiger partial charge in [-0.2, -0.15) is 11.8 Å². The van der Waals surface area contributed by atoms with E-state index >= 15 is 0 Å². The minimum atomic E-state index is -0.215. The van der Waals surface area contributed by atoms with Crippen molar-refractivity contribution in [3.8, 4) is 0 Å². The molecule has 1 atom stereocenters. The van der Waals surface area contributed by atoms with Gasteiger partial charge in [0.2, 0.25) is 0 Å². The third kappa shape index (κ3) is 3.73. The number of halogens is 1. The predicted octanol–water partition coefficient (Wildman–Crippen LogP) is 2.90. The molecule has 1 fully saturated rings. The van der Waals surface area contributed by atoms with E-state index in [0.717, 1.165) is 18.6 Å². The first-order valence-electron chi connectivity index (χ1n) is 6.73. The fourth-order valence-corrected chi connectivity index (χ4v) is 3.68. The first-order valence-corrected chi connectivity index (χ1v) is 7.78. The number of methoxy groups -OCH3 is 1. The first kappa shape index (κ1) is 15.3. The maximum atomic E-state index is 13.8. The number of carbonyl (C=O) groups excluding carboxylic acids is 1. The fourth-order valence-electron chi connectivity index (χ4n) is 2.23. The predicted molar refractivity (Wildman–Crippen MR) is 79.0 cm³/mol. The third-order valence-corrected chi connectivity index (χ3v) is 5.39. The van der Waals surface area contributed by atoms with Gasteiger partial charge in [-0.1, -0.05) is 18.2 Å². The summed E-state index contributed by atoms with van der Waals surface area (Å²) in [6, 6.07) is 6.74. The molecule has 1 aromatic carbocycles. The molecule has 1 aliphatic carbocycles. The Bertz CT molecular complexity index is 477. The van der Waals surface area contributed by atoms with Crippen molar-refractivity contribution in [2.45, 2.75) is 24.5 Å². The zero-order valence-electron chi connectivity index (χ0n) is 11.6. The van der Waals surface area contributed by atoms with Gasteiger partial charge in [-0.05, 0) is 24.3 Å². The Balaban J connectivity index is 1.95. The lowest BCUT2D eigenvalue weighted by Gasteiger charge is -2.19. The van der Waals surface area contributed by atoms with E-state index in [4.69, 9.17) is 10.5 Å². The number of thioether (sulfide) groups is 1. The number of hydrogen-bond donors (Lipinski definition) is 1. The van der Waals surface area contributed by atoms with Crippen LogP contribution >= 0.6 is 11.8 Å². The summed E-state index contributed by atoms with van der Waals surface area (Å²) in [4.78, 5) is 11.4. The average molecular weight is 297 g/mol. The van der Waals surface area contributed by atoms with Gasteiger partial charge in [0.25, 0.3) is 0 Å². The number of hydrogen-bond acceptors (Lipinski definition) is 4. The summed E-state index contributed by atoms with van der Waals surface area (Å²) in [5.41, 5.74) is 6.46. The number of ether oxygens (including phenoxy) is 1. The molecule has 0 aliphatic heterocycles. The summed E-state index contributed by atoms with van der Waals surface area (Å²) in [5.74, 6) is 0.435. The van der Waals surface area contributed by atoms with Crippen molar-refractivity contribution in [1.82, 2.24) is 0 Å². The maximum Gasteiger partial charge on any atom is 0.306 e. The second kappa shape index (κ2) is 6.59. The molecule has 0 spiro atoms. The van der Waals surface area contributed by atoms with Crippen LogP contribution in [0.25, 0.3) is 0 Å². The van der Waals surface area contributed by atoms with Crippen LogP contribution in [0.2, 0.25) is 0 Å². The summed E-state index contributed by atoms with van der Waals surface area (Å²) >= 11 is 1.64. The summed E-state index contributed by atoms with van der Waals surface area (Å²) in [6.45, 7) is 0.389. The van der Waals surface area contributed by atoms with E-state index in [2.05, 4.69) is 0 Å². The van der Waals surface area contributed by atoms with E-state index in [1.807, 2.05) is 6.07 Å². The van der Waals surface area contributed by atoms with E-state index in [9.17, 15) is 9.18 Å². The van der Waals surface area contributed by atoms with Crippen molar-refractivity contribution >= 4 is 17.7 Å². The molecule has 20 heavy (non-hydrogen) atoms. The van der Waals surface area contributed by atoms with Gasteiger partial charge in [-0.15, -0.1) is 0 Å². The molecule has 2 rings (SSSR count). The first-order chi connectivity index (χ1) is 9.60. The van der Waals surface area contributed by atoms with Crippen LogP contribution in [-0.2, 0) is 9.53 Å². The number of carbonyl (C=O) groups is 1. The molecule has 1 saturated carbocycles. The van der Waals surface area contributed by atoms with E-state index in [-0.39, 0.29) is 22.5 Å². The van der Waals surface area contributed by atoms with Gasteiger partial charge in [-0.3, -0.25) is 4.79 Å². The standard InChI is InChI=1S/C15H20FNO2S/c1-19-14(18)8-15(6-7-15)10-20-13(9-17)11-4-2-3-5-12(11)16/h2-5,13H,6-10,17H2,1H3. The van der Waals surface area contributed by atoms with Crippen LogP contribution in [0.5, 0.6) is 0 Å². The second-order valence-corrected chi connectivity index (χ2v) is 6.50. The Morgan fingerprint density at radius 3 is 2.75 bits per heavy atom. The van der Waals surface area contributed by atoms with Crippen molar-refractivity contribution in [3.63, 3.8) is 0 Å². The van der Waals surface area contributed by atoms with Gasteiger partial charge >= 0.3 is 5.97 Å². The van der Waals surface area contributed by atoms with E-state index in [1.165, 1.54) is 13.2 Å². The molecule has 0 amide bonds. The quantitative estimate of drug-likeness (QED) is 0.786. The van der Waals surface area contributed by atoms with Gasteiger partial charge < -0.3 is 10.5 Å². The number of rotatable bonds is 7. The Morgan fingerprint density at radius 2 is 2.20 bits per heavy atom. The molecule has 0 saturated heterocycles. The maximum absolute atomic E-state index is 13.8. The second-order valence-electron chi connectivity index (χ2n) is 5.31. The highest BCUT2D eigenvalue weighted by molar-refractivity contribution is 7.99. The van der Waals surface area contributed by atoms with Crippen LogP contribution in [-0.4, -0.2) is 25.4 Å². The lowest BCUT2D eigenvalue weighted by Crippen LogP contribution is -2.17. The van der Waals surface area contributed by atoms with Gasteiger partial charge in [0, 0.05) is 23.1 Å². The van der Waals surface area contributed by atoms with E-state index in [0.29, 0.717) is 18.5 Å². The zero-order valence-corrected chi connectivity index (χ0v) is 12.4. The van der Waals surface area contributed by atoms with Crippen molar-refractivity contribution in [3.05, 3.63) is 35.6 Å². The molecule has 1 aromatic rings. The molecule has 110 valence electrons. The largest absolute Gasteiger partial charge is 0.469 e. The Kier molecular flexibility index (Phi) is 5.05. The molecular weight excluding hydrogens is 277 g/mol. The monoisotopic (exact) mass is 297 g/mol. The van der Waals surface area contributed by atoms with Crippen molar-refractivity contribution in [2.24, 2.45) is 11.1 Å². The molecule has 0 radical (unpaired) electrons. The highest BCUT2D eigenvalue weighted by Crippen LogP contribution is 2.53. The Morgan fingerprint density at radius 1 is 1.50 bits per heavy atom. The normalized spacial score (nSPS) is 17.6. The minimum absolute atomic E-state index is 0.0381. The number of esters is 1. The topological polar surface area (TPSA) is 52.3 Å². The molecule has 1 unspecified atom stereocenters. The molecule has 1 aliphatic rings. The minimum Gasteiger partial charge on any atom is -0.469 e. The summed E-state index contributed by atoms with van der Waals surface area (Å²) < 4.78 is 18.5. The summed E-state index contributed by atoms with van der Waals surface area (Å²) in [5, 5.41) is -0.0636. The SMILES string of the molecule is COC(=O)CC1(CSC(CN)c2ccccc2F)CC1. The highest BCUT2D eigenvalue weighted by atomic mass is 32.2. The van der Waals surface area contributed by atoms with E-state index in [1.54, 1.807) is 23.9 Å². The Hall–Kier alpha value is -1.07. The van der Waals surface area contributed by atoms with Crippen LogP contribution in [0.3, 0.4) is 0 Å². The molecule has 2 N–H and O–H groups in total. The molecule has 0 bridgehead atoms.